The van der Waals surface area contributed by atoms with Gasteiger partial charge in [-0.2, -0.15) is 13.2 Å². The van der Waals surface area contributed by atoms with Crippen LogP contribution in [0, 0.1) is 6.92 Å². The minimum absolute atomic E-state index is 0.119. The fourth-order valence-corrected chi connectivity index (χ4v) is 3.09. The molecule has 0 aliphatic rings. The molecule has 140 valence electrons. The molecule has 4 aromatic rings. The zero-order valence-electron chi connectivity index (χ0n) is 14.9. The molecule has 0 N–H and O–H groups in total. The van der Waals surface area contributed by atoms with Crippen molar-refractivity contribution in [3.63, 3.8) is 0 Å². The average Bonchev–Trinajstić information content (AvgIpc) is 2.68. The van der Waals surface area contributed by atoms with Gasteiger partial charge in [-0.05, 0) is 37.3 Å². The lowest BCUT2D eigenvalue weighted by Gasteiger charge is -2.15. The highest BCUT2D eigenvalue weighted by atomic mass is 19.4. The second-order valence-electron chi connectivity index (χ2n) is 6.51. The van der Waals surface area contributed by atoms with E-state index in [0.717, 1.165) is 17.7 Å². The first-order valence-electron chi connectivity index (χ1n) is 8.61. The molecule has 1 aromatic heterocycles. The Morgan fingerprint density at radius 3 is 2.32 bits per heavy atom. The van der Waals surface area contributed by atoms with Crippen molar-refractivity contribution in [3.05, 3.63) is 94.3 Å². The van der Waals surface area contributed by atoms with Gasteiger partial charge in [0.25, 0.3) is 5.56 Å². The minimum atomic E-state index is -4.51. The van der Waals surface area contributed by atoms with Gasteiger partial charge in [-0.1, -0.05) is 48.0 Å². The number of aryl methyl sites for hydroxylation is 1. The van der Waals surface area contributed by atoms with Crippen LogP contribution < -0.4 is 5.56 Å². The van der Waals surface area contributed by atoms with Gasteiger partial charge >= 0.3 is 6.18 Å². The molecule has 6 heteroatoms. The quantitative estimate of drug-likeness (QED) is 0.468. The predicted molar refractivity (Wildman–Crippen MR) is 103 cm³/mol. The van der Waals surface area contributed by atoms with Crippen molar-refractivity contribution in [1.29, 1.82) is 0 Å². The van der Waals surface area contributed by atoms with Crippen molar-refractivity contribution < 1.29 is 13.2 Å². The Morgan fingerprint density at radius 1 is 0.893 bits per heavy atom. The summed E-state index contributed by atoms with van der Waals surface area (Å²) in [5, 5.41) is 0.343. The number of halogens is 3. The van der Waals surface area contributed by atoms with E-state index in [9.17, 15) is 18.0 Å². The number of aromatic nitrogens is 2. The maximum Gasteiger partial charge on any atom is 0.416 e. The summed E-state index contributed by atoms with van der Waals surface area (Å²) in [6.45, 7) is 1.93. The van der Waals surface area contributed by atoms with Crippen LogP contribution in [0.4, 0.5) is 13.2 Å². The number of rotatable bonds is 2. The van der Waals surface area contributed by atoms with Gasteiger partial charge in [-0.3, -0.25) is 9.36 Å². The van der Waals surface area contributed by atoms with E-state index in [-0.39, 0.29) is 5.69 Å². The smallest absolute Gasteiger partial charge is 0.268 e. The van der Waals surface area contributed by atoms with E-state index >= 15 is 0 Å². The number of benzene rings is 3. The van der Waals surface area contributed by atoms with Gasteiger partial charge in [-0.15, -0.1) is 0 Å². The van der Waals surface area contributed by atoms with E-state index in [1.54, 1.807) is 36.4 Å². The van der Waals surface area contributed by atoms with Crippen LogP contribution in [0.5, 0.6) is 0 Å². The third-order valence-electron chi connectivity index (χ3n) is 4.52. The zero-order chi connectivity index (χ0) is 19.9. The number of alkyl halides is 3. The zero-order valence-corrected chi connectivity index (χ0v) is 14.9. The summed E-state index contributed by atoms with van der Waals surface area (Å²) in [6, 6.07) is 18.9. The fraction of sp³-hybridized carbons (Fsp3) is 0.0909. The van der Waals surface area contributed by atoms with E-state index in [0.29, 0.717) is 22.3 Å². The standard InChI is InChI=1S/C22H15F3N2O/c1-14-9-11-15(12-10-14)20-26-19-8-3-2-7-18(19)21(28)27(20)17-6-4-5-16(13-17)22(23,24)25/h2-13H,1H3. The molecule has 28 heavy (non-hydrogen) atoms. The van der Waals surface area contributed by atoms with Gasteiger partial charge in [-0.25, -0.2) is 4.98 Å². The molecule has 0 atom stereocenters. The molecule has 0 spiro atoms. The molecule has 0 bridgehead atoms. The summed E-state index contributed by atoms with van der Waals surface area (Å²) in [5.41, 5.74) is 1.05. The van der Waals surface area contributed by atoms with Gasteiger partial charge in [0.2, 0.25) is 0 Å². The molecule has 0 unspecified atom stereocenters. The molecule has 0 aliphatic carbocycles. The molecule has 0 aliphatic heterocycles. The first-order chi connectivity index (χ1) is 13.3. The van der Waals surface area contributed by atoms with Crippen molar-refractivity contribution in [3.8, 4) is 17.1 Å². The molecule has 3 nitrogen and oxygen atoms in total. The van der Waals surface area contributed by atoms with Crippen LogP contribution in [-0.4, -0.2) is 9.55 Å². The Kier molecular flexibility index (Phi) is 4.26. The molecule has 4 rings (SSSR count). The molecule has 0 saturated carbocycles. The van der Waals surface area contributed by atoms with E-state index in [4.69, 9.17) is 0 Å². The van der Waals surface area contributed by atoms with Gasteiger partial charge in [0.15, 0.2) is 0 Å². The van der Waals surface area contributed by atoms with Crippen LogP contribution in [0.2, 0.25) is 0 Å². The number of hydrogen-bond acceptors (Lipinski definition) is 2. The largest absolute Gasteiger partial charge is 0.416 e. The van der Waals surface area contributed by atoms with Crippen LogP contribution in [0.15, 0.2) is 77.6 Å². The predicted octanol–water partition coefficient (Wildman–Crippen LogP) is 5.38. The highest BCUT2D eigenvalue weighted by molar-refractivity contribution is 5.80. The molecule has 0 radical (unpaired) electrons. The minimum Gasteiger partial charge on any atom is -0.268 e. The normalized spacial score (nSPS) is 11.7. The summed E-state index contributed by atoms with van der Waals surface area (Å²) < 4.78 is 40.8. The van der Waals surface area contributed by atoms with Crippen molar-refractivity contribution in [1.82, 2.24) is 9.55 Å². The Balaban J connectivity index is 2.07. The van der Waals surface area contributed by atoms with Gasteiger partial charge in [0.1, 0.15) is 5.82 Å². The lowest BCUT2D eigenvalue weighted by Crippen LogP contribution is -2.22. The maximum atomic E-state index is 13.2. The van der Waals surface area contributed by atoms with Crippen molar-refractivity contribution in [2.75, 3.05) is 0 Å². The van der Waals surface area contributed by atoms with Crippen LogP contribution in [0.1, 0.15) is 11.1 Å². The first-order valence-corrected chi connectivity index (χ1v) is 8.61. The van der Waals surface area contributed by atoms with Gasteiger partial charge < -0.3 is 0 Å². The molecule has 1 heterocycles. The second-order valence-corrected chi connectivity index (χ2v) is 6.51. The van der Waals surface area contributed by atoms with Crippen LogP contribution >= 0.6 is 0 Å². The topological polar surface area (TPSA) is 34.9 Å². The third kappa shape index (κ3) is 3.17. The van der Waals surface area contributed by atoms with Crippen LogP contribution in [0.3, 0.4) is 0 Å². The summed E-state index contributed by atoms with van der Waals surface area (Å²) in [4.78, 5) is 17.8. The SMILES string of the molecule is Cc1ccc(-c2nc3ccccc3c(=O)n2-c2cccc(C(F)(F)F)c2)cc1. The molecular formula is C22H15F3N2O. The maximum absolute atomic E-state index is 13.2. The summed E-state index contributed by atoms with van der Waals surface area (Å²) in [6.07, 6.45) is -4.51. The first kappa shape index (κ1) is 18.0. The molecule has 0 amide bonds. The van der Waals surface area contributed by atoms with Gasteiger partial charge in [0, 0.05) is 5.56 Å². The van der Waals surface area contributed by atoms with Crippen LogP contribution in [-0.2, 0) is 6.18 Å². The average molecular weight is 380 g/mol. The number of fused-ring (bicyclic) bond motifs is 1. The second kappa shape index (κ2) is 6.64. The van der Waals surface area contributed by atoms with E-state index < -0.39 is 17.3 Å². The highest BCUT2D eigenvalue weighted by Gasteiger charge is 2.31. The van der Waals surface area contributed by atoms with Crippen molar-refractivity contribution in [2.24, 2.45) is 0 Å². The van der Waals surface area contributed by atoms with Crippen molar-refractivity contribution in [2.45, 2.75) is 13.1 Å². The molecule has 0 saturated heterocycles. The third-order valence-corrected chi connectivity index (χ3v) is 4.52. The molecule has 3 aromatic carbocycles. The Labute approximate surface area is 158 Å². The molecular weight excluding hydrogens is 365 g/mol. The lowest BCUT2D eigenvalue weighted by molar-refractivity contribution is -0.137. The number of hydrogen-bond donors (Lipinski definition) is 0. The van der Waals surface area contributed by atoms with E-state index in [1.165, 1.54) is 16.7 Å². The summed E-state index contributed by atoms with van der Waals surface area (Å²) >= 11 is 0. The Morgan fingerprint density at radius 2 is 1.61 bits per heavy atom. The number of nitrogens with zero attached hydrogens (tertiary/aromatic N) is 2. The summed E-state index contributed by atoms with van der Waals surface area (Å²) in [5.74, 6) is 0.294. The van der Waals surface area contributed by atoms with Crippen molar-refractivity contribution >= 4 is 10.9 Å². The Hall–Kier alpha value is -3.41. The van der Waals surface area contributed by atoms with Crippen LogP contribution in [0.25, 0.3) is 28.0 Å². The van der Waals surface area contributed by atoms with Gasteiger partial charge in [0.05, 0.1) is 22.2 Å². The molecule has 0 fully saturated rings. The number of para-hydroxylation sites is 1. The van der Waals surface area contributed by atoms with E-state index in [2.05, 4.69) is 4.98 Å². The Bertz CT molecular complexity index is 1230. The highest BCUT2D eigenvalue weighted by Crippen LogP contribution is 2.31. The van der Waals surface area contributed by atoms with E-state index in [1.807, 2.05) is 19.1 Å². The fourth-order valence-electron chi connectivity index (χ4n) is 3.09. The summed E-state index contributed by atoms with van der Waals surface area (Å²) in [7, 11) is 0. The lowest BCUT2D eigenvalue weighted by atomic mass is 10.1. The monoisotopic (exact) mass is 380 g/mol.